The number of rotatable bonds is 4. The van der Waals surface area contributed by atoms with Crippen molar-refractivity contribution in [1.29, 1.82) is 0 Å². The average molecular weight is 478 g/mol. The number of carbonyl (C=O) groups excluding carboxylic acids is 1. The van der Waals surface area contributed by atoms with E-state index in [1.165, 1.54) is 38.5 Å². The lowest BCUT2D eigenvalue weighted by atomic mass is 9.85. The highest BCUT2D eigenvalue weighted by molar-refractivity contribution is 14.0. The van der Waals surface area contributed by atoms with Crippen molar-refractivity contribution < 1.29 is 9.53 Å². The van der Waals surface area contributed by atoms with E-state index in [-0.39, 0.29) is 30.1 Å². The summed E-state index contributed by atoms with van der Waals surface area (Å²) in [5.74, 6) is 2.71. The Labute approximate surface area is 174 Å². The third-order valence-corrected chi connectivity index (χ3v) is 6.00. The summed E-state index contributed by atoms with van der Waals surface area (Å²) in [5, 5.41) is 7.18. The van der Waals surface area contributed by atoms with Gasteiger partial charge in [-0.1, -0.05) is 32.1 Å². The molecule has 3 fully saturated rings. The molecule has 1 saturated heterocycles. The second-order valence-corrected chi connectivity index (χ2v) is 7.73. The molecule has 0 radical (unpaired) electrons. The molecule has 3 rings (SSSR count). The van der Waals surface area contributed by atoms with Gasteiger partial charge in [-0.25, -0.2) is 4.79 Å². The second kappa shape index (κ2) is 10.6. The summed E-state index contributed by atoms with van der Waals surface area (Å²) in [4.78, 5) is 18.0. The van der Waals surface area contributed by atoms with E-state index < -0.39 is 0 Å². The highest BCUT2D eigenvalue weighted by Gasteiger charge is 2.43. The Balaban J connectivity index is 0.00000243. The van der Waals surface area contributed by atoms with Gasteiger partial charge >= 0.3 is 6.09 Å². The van der Waals surface area contributed by atoms with Crippen LogP contribution in [0.4, 0.5) is 4.79 Å². The molecule has 1 aliphatic heterocycles. The lowest BCUT2D eigenvalue weighted by Crippen LogP contribution is -2.50. The van der Waals surface area contributed by atoms with E-state index in [1.807, 2.05) is 14.0 Å². The maximum absolute atomic E-state index is 11.8. The summed E-state index contributed by atoms with van der Waals surface area (Å²) in [6, 6.07) is 0.984. The zero-order valence-corrected chi connectivity index (χ0v) is 18.5. The molecule has 150 valence electrons. The molecule has 2 unspecified atom stereocenters. The number of nitrogens with one attached hydrogen (secondary N) is 2. The number of piperidine rings is 1. The van der Waals surface area contributed by atoms with Gasteiger partial charge in [-0.05, 0) is 38.0 Å². The lowest BCUT2D eigenvalue weighted by molar-refractivity contribution is 0.0963. The minimum atomic E-state index is -0.184. The predicted molar refractivity (Wildman–Crippen MR) is 115 cm³/mol. The Morgan fingerprint density at radius 2 is 1.81 bits per heavy atom. The van der Waals surface area contributed by atoms with Crippen molar-refractivity contribution >= 4 is 36.0 Å². The van der Waals surface area contributed by atoms with E-state index in [2.05, 4.69) is 15.6 Å². The fraction of sp³-hybridized carbons (Fsp3) is 0.895. The maximum Gasteiger partial charge on any atom is 0.409 e. The first-order chi connectivity index (χ1) is 12.2. The SMILES string of the molecule is CCOC(=O)N1CCC(NC(=NC)NC2CC2C2CCCCC2)CC1.I. The second-order valence-electron chi connectivity index (χ2n) is 7.73. The van der Waals surface area contributed by atoms with Crippen molar-refractivity contribution in [2.75, 3.05) is 26.7 Å². The third-order valence-electron chi connectivity index (χ3n) is 6.00. The Morgan fingerprint density at radius 1 is 1.12 bits per heavy atom. The van der Waals surface area contributed by atoms with Crippen molar-refractivity contribution in [1.82, 2.24) is 15.5 Å². The monoisotopic (exact) mass is 478 g/mol. The van der Waals surface area contributed by atoms with Gasteiger partial charge in [-0.15, -0.1) is 24.0 Å². The molecule has 2 atom stereocenters. The van der Waals surface area contributed by atoms with Gasteiger partial charge < -0.3 is 20.3 Å². The number of amides is 1. The van der Waals surface area contributed by atoms with Crippen LogP contribution in [0.2, 0.25) is 0 Å². The molecule has 1 amide bonds. The first kappa shape index (κ1) is 21.6. The van der Waals surface area contributed by atoms with Crippen molar-refractivity contribution in [3.8, 4) is 0 Å². The minimum absolute atomic E-state index is 0. The fourth-order valence-corrected chi connectivity index (χ4v) is 4.42. The lowest BCUT2D eigenvalue weighted by Gasteiger charge is -2.32. The minimum Gasteiger partial charge on any atom is -0.450 e. The normalized spacial score (nSPS) is 27.5. The van der Waals surface area contributed by atoms with Gasteiger partial charge in [-0.2, -0.15) is 0 Å². The number of hydrogen-bond acceptors (Lipinski definition) is 3. The van der Waals surface area contributed by atoms with Gasteiger partial charge in [0.1, 0.15) is 0 Å². The summed E-state index contributed by atoms with van der Waals surface area (Å²) in [6.45, 7) is 3.79. The van der Waals surface area contributed by atoms with Gasteiger partial charge in [0.2, 0.25) is 0 Å². The fourth-order valence-electron chi connectivity index (χ4n) is 4.42. The molecule has 6 nitrogen and oxygen atoms in total. The van der Waals surface area contributed by atoms with Gasteiger partial charge in [0, 0.05) is 32.2 Å². The number of halogens is 1. The molecular weight excluding hydrogens is 443 g/mol. The van der Waals surface area contributed by atoms with Crippen LogP contribution in [-0.4, -0.2) is 55.8 Å². The van der Waals surface area contributed by atoms with E-state index >= 15 is 0 Å². The van der Waals surface area contributed by atoms with Crippen LogP contribution in [0.5, 0.6) is 0 Å². The van der Waals surface area contributed by atoms with Crippen molar-refractivity contribution in [2.24, 2.45) is 16.8 Å². The van der Waals surface area contributed by atoms with Crippen LogP contribution in [0.3, 0.4) is 0 Å². The molecule has 2 aliphatic carbocycles. The van der Waals surface area contributed by atoms with Crippen molar-refractivity contribution in [3.63, 3.8) is 0 Å². The summed E-state index contributed by atoms with van der Waals surface area (Å²) in [7, 11) is 1.85. The molecule has 26 heavy (non-hydrogen) atoms. The van der Waals surface area contributed by atoms with E-state index in [0.717, 1.165) is 43.7 Å². The van der Waals surface area contributed by atoms with Crippen molar-refractivity contribution in [3.05, 3.63) is 0 Å². The summed E-state index contributed by atoms with van der Waals surface area (Å²) in [6.07, 6.45) is 10.1. The first-order valence-electron chi connectivity index (χ1n) is 10.1. The molecule has 0 spiro atoms. The van der Waals surface area contributed by atoms with E-state index in [4.69, 9.17) is 4.74 Å². The molecule has 2 saturated carbocycles. The van der Waals surface area contributed by atoms with E-state index in [0.29, 0.717) is 18.7 Å². The quantitative estimate of drug-likeness (QED) is 0.370. The molecular formula is C19H35IN4O2. The van der Waals surface area contributed by atoms with Crippen LogP contribution in [-0.2, 0) is 4.74 Å². The first-order valence-corrected chi connectivity index (χ1v) is 10.1. The largest absolute Gasteiger partial charge is 0.450 e. The summed E-state index contributed by atoms with van der Waals surface area (Å²) < 4.78 is 5.08. The van der Waals surface area contributed by atoms with Crippen LogP contribution in [0, 0.1) is 11.8 Å². The Kier molecular flexibility index (Phi) is 8.76. The third kappa shape index (κ3) is 5.89. The Hall–Kier alpha value is -0.730. The van der Waals surface area contributed by atoms with Gasteiger partial charge in [0.25, 0.3) is 0 Å². The van der Waals surface area contributed by atoms with Crippen molar-refractivity contribution in [2.45, 2.75) is 70.4 Å². The molecule has 2 N–H and O–H groups in total. The molecule has 0 bridgehead atoms. The Morgan fingerprint density at radius 3 is 2.42 bits per heavy atom. The van der Waals surface area contributed by atoms with Crippen LogP contribution in [0.1, 0.15) is 58.3 Å². The van der Waals surface area contributed by atoms with E-state index in [9.17, 15) is 4.79 Å². The van der Waals surface area contributed by atoms with Crippen LogP contribution >= 0.6 is 24.0 Å². The van der Waals surface area contributed by atoms with E-state index in [1.54, 1.807) is 4.90 Å². The van der Waals surface area contributed by atoms with Crippen LogP contribution < -0.4 is 10.6 Å². The van der Waals surface area contributed by atoms with Crippen LogP contribution in [0.15, 0.2) is 4.99 Å². The highest BCUT2D eigenvalue weighted by Crippen LogP contribution is 2.44. The number of hydrogen-bond donors (Lipinski definition) is 2. The van der Waals surface area contributed by atoms with Gasteiger partial charge in [0.05, 0.1) is 6.61 Å². The number of carbonyl (C=O) groups is 1. The molecule has 0 aromatic heterocycles. The zero-order chi connectivity index (χ0) is 17.6. The number of ether oxygens (including phenoxy) is 1. The number of aliphatic imine (C=N–C) groups is 1. The zero-order valence-electron chi connectivity index (χ0n) is 16.2. The molecule has 3 aliphatic rings. The average Bonchev–Trinajstić information content (AvgIpc) is 3.42. The summed E-state index contributed by atoms with van der Waals surface area (Å²) >= 11 is 0. The number of nitrogens with zero attached hydrogens (tertiary/aromatic N) is 2. The van der Waals surface area contributed by atoms with Crippen LogP contribution in [0.25, 0.3) is 0 Å². The highest BCUT2D eigenvalue weighted by atomic mass is 127. The maximum atomic E-state index is 11.8. The summed E-state index contributed by atoms with van der Waals surface area (Å²) in [5.41, 5.74) is 0. The topological polar surface area (TPSA) is 66.0 Å². The number of likely N-dealkylation sites (tertiary alicyclic amines) is 1. The molecule has 0 aromatic carbocycles. The Bertz CT molecular complexity index is 474. The predicted octanol–water partition coefficient (Wildman–Crippen LogP) is 3.36. The molecule has 0 aromatic rings. The van der Waals surface area contributed by atoms with Gasteiger partial charge in [-0.3, -0.25) is 4.99 Å². The molecule has 7 heteroatoms. The van der Waals surface area contributed by atoms with Gasteiger partial charge in [0.15, 0.2) is 5.96 Å². The smallest absolute Gasteiger partial charge is 0.409 e. The molecule has 1 heterocycles. The standard InChI is InChI=1S/C19H34N4O2.HI/c1-3-25-19(24)23-11-9-15(10-12-23)21-18(20-2)22-17-13-16(17)14-7-5-4-6-8-14;/h14-17H,3-13H2,1-2H3,(H2,20,21,22);1H. The number of guanidine groups is 1.